The van der Waals surface area contributed by atoms with Crippen LogP contribution >= 0.6 is 0 Å². The van der Waals surface area contributed by atoms with Crippen LogP contribution in [0.5, 0.6) is 0 Å². The largest absolute Gasteiger partial charge is 0.366 e. The summed E-state index contributed by atoms with van der Waals surface area (Å²) in [7, 11) is 0. The molecule has 0 aliphatic carbocycles. The van der Waals surface area contributed by atoms with Gasteiger partial charge in [-0.1, -0.05) is 12.7 Å². The van der Waals surface area contributed by atoms with Crippen molar-refractivity contribution in [2.45, 2.75) is 13.1 Å². The molecule has 1 atom stereocenters. The smallest absolute Gasteiger partial charge is 0.244 e. The van der Waals surface area contributed by atoms with Gasteiger partial charge in [0.2, 0.25) is 5.91 Å². The molecule has 0 aromatic carbocycles. The summed E-state index contributed by atoms with van der Waals surface area (Å²) >= 11 is 0. The number of nitrogens with two attached hydrogens (primary N) is 1. The second kappa shape index (κ2) is 3.82. The maximum absolute atomic E-state index is 12.3. The Labute approximate surface area is 59.2 Å². The van der Waals surface area contributed by atoms with Crippen LogP contribution in [0.2, 0.25) is 0 Å². The van der Waals surface area contributed by atoms with Gasteiger partial charge in [0, 0.05) is 5.57 Å². The van der Waals surface area contributed by atoms with E-state index < -0.39 is 12.1 Å². The van der Waals surface area contributed by atoms with E-state index >= 15 is 0 Å². The molecule has 1 unspecified atom stereocenters. The van der Waals surface area contributed by atoms with Gasteiger partial charge in [0.05, 0.1) is 0 Å². The number of carbonyl (C=O) groups excluding carboxylic acids is 1. The molecular weight excluding hydrogens is 133 g/mol. The maximum Gasteiger partial charge on any atom is 0.244 e. The fourth-order valence-electron chi connectivity index (χ4n) is 0.389. The average Bonchev–Trinajstić information content (AvgIpc) is 1.87. The minimum absolute atomic E-state index is 0.215. The van der Waals surface area contributed by atoms with Gasteiger partial charge >= 0.3 is 0 Å². The minimum atomic E-state index is -1.28. The molecule has 2 nitrogen and oxygen atoms in total. The molecule has 0 fully saturated rings. The monoisotopic (exact) mass is 143 g/mol. The first-order chi connectivity index (χ1) is 4.57. The van der Waals surface area contributed by atoms with E-state index in [1.54, 1.807) is 0 Å². The molecule has 0 saturated carbocycles. The molecule has 0 aliphatic heterocycles. The van der Waals surface area contributed by atoms with Gasteiger partial charge in [-0.2, -0.15) is 0 Å². The van der Waals surface area contributed by atoms with Crippen LogP contribution in [0, 0.1) is 0 Å². The van der Waals surface area contributed by atoms with Crippen molar-refractivity contribution < 1.29 is 9.18 Å². The summed E-state index contributed by atoms with van der Waals surface area (Å²) in [5.74, 6) is -0.607. The third-order valence-electron chi connectivity index (χ3n) is 1.02. The molecule has 2 N–H and O–H groups in total. The highest BCUT2D eigenvalue weighted by Gasteiger charge is 2.00. The van der Waals surface area contributed by atoms with Crippen molar-refractivity contribution in [2.75, 3.05) is 0 Å². The van der Waals surface area contributed by atoms with E-state index in [0.29, 0.717) is 0 Å². The number of primary amides is 1. The zero-order chi connectivity index (χ0) is 8.15. The number of carbonyl (C=O) groups is 1. The van der Waals surface area contributed by atoms with Crippen molar-refractivity contribution in [3.63, 3.8) is 0 Å². The van der Waals surface area contributed by atoms with Gasteiger partial charge in [-0.25, -0.2) is 4.39 Å². The van der Waals surface area contributed by atoms with E-state index in [9.17, 15) is 9.18 Å². The van der Waals surface area contributed by atoms with Crippen LogP contribution in [0.15, 0.2) is 24.3 Å². The number of halogens is 1. The molecule has 0 aromatic rings. The van der Waals surface area contributed by atoms with E-state index in [1.807, 2.05) is 0 Å². The molecule has 0 radical (unpaired) electrons. The van der Waals surface area contributed by atoms with Crippen molar-refractivity contribution in [2.24, 2.45) is 5.73 Å². The second-order valence-electron chi connectivity index (χ2n) is 1.89. The van der Waals surface area contributed by atoms with Gasteiger partial charge in [-0.05, 0) is 13.0 Å². The second-order valence-corrected chi connectivity index (χ2v) is 1.89. The summed E-state index contributed by atoms with van der Waals surface area (Å²) in [5, 5.41) is 0. The van der Waals surface area contributed by atoms with E-state index in [1.165, 1.54) is 6.92 Å². The highest BCUT2D eigenvalue weighted by molar-refractivity contribution is 5.91. The topological polar surface area (TPSA) is 43.1 Å². The summed E-state index contributed by atoms with van der Waals surface area (Å²) in [6.45, 7) is 4.66. The summed E-state index contributed by atoms with van der Waals surface area (Å²) in [4.78, 5) is 10.3. The van der Waals surface area contributed by atoms with Crippen LogP contribution in [-0.4, -0.2) is 12.1 Å². The standard InChI is InChI=1S/C7H10FNO/c1-3-6(8)4-5(2)7(9)10/h3-4,6H,1H2,2H3,(H2,9,10). The summed E-state index contributed by atoms with van der Waals surface area (Å²) in [6.07, 6.45) is 0.925. The van der Waals surface area contributed by atoms with Gasteiger partial charge in [0.15, 0.2) is 0 Å². The molecule has 0 bridgehead atoms. The average molecular weight is 143 g/mol. The van der Waals surface area contributed by atoms with Crippen molar-refractivity contribution in [3.05, 3.63) is 24.3 Å². The predicted molar refractivity (Wildman–Crippen MR) is 38.0 cm³/mol. The van der Waals surface area contributed by atoms with E-state index in [-0.39, 0.29) is 5.57 Å². The van der Waals surface area contributed by atoms with Gasteiger partial charge in [-0.3, -0.25) is 4.79 Å². The van der Waals surface area contributed by atoms with Crippen molar-refractivity contribution in [3.8, 4) is 0 Å². The third kappa shape index (κ3) is 3.02. The maximum atomic E-state index is 12.3. The van der Waals surface area contributed by atoms with E-state index in [2.05, 4.69) is 6.58 Å². The third-order valence-corrected chi connectivity index (χ3v) is 1.02. The highest BCUT2D eigenvalue weighted by Crippen LogP contribution is 1.99. The van der Waals surface area contributed by atoms with Crippen LogP contribution in [0.1, 0.15) is 6.92 Å². The predicted octanol–water partition coefficient (Wildman–Crippen LogP) is 0.942. The molecule has 10 heavy (non-hydrogen) atoms. The van der Waals surface area contributed by atoms with Crippen LogP contribution in [0.3, 0.4) is 0 Å². The minimum Gasteiger partial charge on any atom is -0.366 e. The Bertz CT molecular complexity index is 174. The van der Waals surface area contributed by atoms with Crippen LogP contribution in [0.4, 0.5) is 4.39 Å². The first-order valence-corrected chi connectivity index (χ1v) is 2.82. The molecule has 0 aromatic heterocycles. The normalized spacial score (nSPS) is 14.4. The number of rotatable bonds is 3. The molecule has 1 amide bonds. The fourth-order valence-corrected chi connectivity index (χ4v) is 0.389. The highest BCUT2D eigenvalue weighted by atomic mass is 19.1. The van der Waals surface area contributed by atoms with Crippen LogP contribution in [-0.2, 0) is 4.79 Å². The molecule has 0 heterocycles. The van der Waals surface area contributed by atoms with Crippen molar-refractivity contribution in [1.29, 1.82) is 0 Å². The molecule has 56 valence electrons. The van der Waals surface area contributed by atoms with Crippen LogP contribution in [0.25, 0.3) is 0 Å². The molecule has 0 saturated heterocycles. The van der Waals surface area contributed by atoms with Gasteiger partial charge in [-0.15, -0.1) is 0 Å². The lowest BCUT2D eigenvalue weighted by molar-refractivity contribution is -0.114. The zero-order valence-corrected chi connectivity index (χ0v) is 5.80. The zero-order valence-electron chi connectivity index (χ0n) is 5.80. The molecule has 0 rings (SSSR count). The summed E-state index contributed by atoms with van der Waals surface area (Å²) in [6, 6.07) is 0. The Balaban J connectivity index is 4.15. The Kier molecular flexibility index (Phi) is 3.39. The van der Waals surface area contributed by atoms with E-state index in [0.717, 1.165) is 12.2 Å². The van der Waals surface area contributed by atoms with Gasteiger partial charge < -0.3 is 5.73 Å². The van der Waals surface area contributed by atoms with Crippen molar-refractivity contribution in [1.82, 2.24) is 0 Å². The fraction of sp³-hybridized carbons (Fsp3) is 0.286. The van der Waals surface area contributed by atoms with Crippen LogP contribution < -0.4 is 5.73 Å². The Morgan fingerprint density at radius 3 is 2.60 bits per heavy atom. The molecule has 0 spiro atoms. The first-order valence-electron chi connectivity index (χ1n) is 2.82. The molecular formula is C7H10FNO. The first kappa shape index (κ1) is 8.88. The lowest BCUT2D eigenvalue weighted by Gasteiger charge is -1.95. The molecule has 3 heteroatoms. The SMILES string of the molecule is C=CC(F)C=C(C)C(N)=O. The Morgan fingerprint density at radius 2 is 2.30 bits per heavy atom. The van der Waals surface area contributed by atoms with Gasteiger partial charge in [0.25, 0.3) is 0 Å². The lowest BCUT2D eigenvalue weighted by Crippen LogP contribution is -2.12. The number of alkyl halides is 1. The summed E-state index contributed by atoms with van der Waals surface area (Å²) in [5.41, 5.74) is 5.05. The Morgan fingerprint density at radius 1 is 1.80 bits per heavy atom. The number of hydrogen-bond donors (Lipinski definition) is 1. The number of amides is 1. The number of hydrogen-bond acceptors (Lipinski definition) is 1. The lowest BCUT2D eigenvalue weighted by atomic mass is 10.2. The van der Waals surface area contributed by atoms with Crippen molar-refractivity contribution >= 4 is 5.91 Å². The summed E-state index contributed by atoms with van der Waals surface area (Å²) < 4.78 is 12.3. The van der Waals surface area contributed by atoms with Gasteiger partial charge in [0.1, 0.15) is 6.17 Å². The number of allylic oxidation sites excluding steroid dienone is 2. The van der Waals surface area contributed by atoms with E-state index in [4.69, 9.17) is 5.73 Å². The Hall–Kier alpha value is -1.12. The quantitative estimate of drug-likeness (QED) is 0.463. The molecule has 0 aliphatic rings.